The maximum atomic E-state index is 5.97. The van der Waals surface area contributed by atoms with Gasteiger partial charge in [-0.15, -0.1) is 33.4 Å². The second kappa shape index (κ2) is 5.28. The molecule has 1 heterocycles. The molecule has 1 aromatic carbocycles. The van der Waals surface area contributed by atoms with E-state index in [4.69, 9.17) is 27.6 Å². The van der Waals surface area contributed by atoms with E-state index in [0.29, 0.717) is 17.0 Å². The highest BCUT2D eigenvalue weighted by atomic mass is 79.9. The van der Waals surface area contributed by atoms with Crippen LogP contribution in [-0.2, 0) is 0 Å². The molecule has 0 radical (unpaired) electrons. The lowest BCUT2D eigenvalue weighted by molar-refractivity contribution is 0.465. The van der Waals surface area contributed by atoms with Crippen molar-refractivity contribution in [2.45, 2.75) is 16.0 Å². The summed E-state index contributed by atoms with van der Waals surface area (Å²) in [4.78, 5) is 0. The zero-order valence-electron chi connectivity index (χ0n) is 9.65. The first-order valence-corrected chi connectivity index (χ1v) is 8.18. The Kier molecular flexibility index (Phi) is 3.82. The molecule has 7 heteroatoms. The van der Waals surface area contributed by atoms with Gasteiger partial charge < -0.3 is 4.42 Å². The van der Waals surface area contributed by atoms with Crippen LogP contribution in [0, 0.1) is 5.92 Å². The third kappa shape index (κ3) is 3.27. The summed E-state index contributed by atoms with van der Waals surface area (Å²) in [7, 11) is 0. The highest BCUT2D eigenvalue weighted by Crippen LogP contribution is 2.54. The van der Waals surface area contributed by atoms with Crippen molar-refractivity contribution in [1.82, 2.24) is 10.2 Å². The molecule has 0 aliphatic heterocycles. The summed E-state index contributed by atoms with van der Waals surface area (Å²) >= 11 is 16.8. The molecule has 0 N–H and O–H groups in total. The van der Waals surface area contributed by atoms with Crippen molar-refractivity contribution in [1.29, 1.82) is 0 Å². The number of halogens is 3. The zero-order chi connectivity index (χ0) is 13.5. The smallest absolute Gasteiger partial charge is 0.276 e. The molecule has 1 aromatic heterocycles. The standard InChI is InChI=1S/C12H9BrCl2N2OS/c13-9-3-1-2-7(4-9)10-16-17-11(18-10)19-6-8-5-12(8,14)15/h1-4,8H,5-6H2. The Morgan fingerprint density at radius 1 is 1.42 bits per heavy atom. The molecule has 100 valence electrons. The molecule has 1 aliphatic carbocycles. The van der Waals surface area contributed by atoms with Crippen LogP contribution in [0.2, 0.25) is 0 Å². The predicted molar refractivity (Wildman–Crippen MR) is 80.7 cm³/mol. The van der Waals surface area contributed by atoms with E-state index in [9.17, 15) is 0 Å². The van der Waals surface area contributed by atoms with E-state index in [2.05, 4.69) is 26.1 Å². The van der Waals surface area contributed by atoms with Gasteiger partial charge >= 0.3 is 0 Å². The molecule has 0 amide bonds. The molecule has 1 unspecified atom stereocenters. The Hall–Kier alpha value is -0.230. The molecule has 3 nitrogen and oxygen atoms in total. The molecule has 1 atom stereocenters. The van der Waals surface area contributed by atoms with E-state index in [1.807, 2.05) is 24.3 Å². The van der Waals surface area contributed by atoms with Gasteiger partial charge in [0.15, 0.2) is 0 Å². The third-order valence-corrected chi connectivity index (χ3v) is 5.24. The molecule has 0 saturated heterocycles. The van der Waals surface area contributed by atoms with Crippen LogP contribution in [0.1, 0.15) is 6.42 Å². The first kappa shape index (κ1) is 13.7. The van der Waals surface area contributed by atoms with E-state index < -0.39 is 4.33 Å². The fourth-order valence-corrected chi connectivity index (χ4v) is 3.72. The Bertz CT molecular complexity index is 605. The van der Waals surface area contributed by atoms with Gasteiger partial charge in [-0.3, -0.25) is 0 Å². The van der Waals surface area contributed by atoms with Crippen molar-refractivity contribution in [3.05, 3.63) is 28.7 Å². The number of hydrogen-bond donors (Lipinski definition) is 0. The van der Waals surface area contributed by atoms with Crippen LogP contribution in [-0.4, -0.2) is 20.3 Å². The molecular weight excluding hydrogens is 371 g/mol. The second-order valence-electron chi connectivity index (χ2n) is 4.36. The van der Waals surface area contributed by atoms with E-state index in [1.54, 1.807) is 0 Å². The minimum Gasteiger partial charge on any atom is -0.411 e. The summed E-state index contributed by atoms with van der Waals surface area (Å²) < 4.78 is 6.03. The first-order chi connectivity index (χ1) is 9.04. The molecule has 0 spiro atoms. The van der Waals surface area contributed by atoms with Crippen LogP contribution < -0.4 is 0 Å². The number of rotatable bonds is 4. The second-order valence-corrected chi connectivity index (χ2v) is 7.79. The zero-order valence-corrected chi connectivity index (χ0v) is 13.6. The highest BCUT2D eigenvalue weighted by molar-refractivity contribution is 9.10. The van der Waals surface area contributed by atoms with E-state index in [1.165, 1.54) is 11.8 Å². The number of nitrogens with zero attached hydrogens (tertiary/aromatic N) is 2. The van der Waals surface area contributed by atoms with Crippen molar-refractivity contribution in [2.24, 2.45) is 5.92 Å². The number of benzene rings is 1. The topological polar surface area (TPSA) is 38.9 Å². The minimum atomic E-state index is -0.555. The fourth-order valence-electron chi connectivity index (χ4n) is 1.63. The normalized spacial score (nSPS) is 20.5. The minimum absolute atomic E-state index is 0.307. The average Bonchev–Trinajstić information content (AvgIpc) is 2.78. The van der Waals surface area contributed by atoms with Gasteiger partial charge in [0, 0.05) is 21.7 Å². The molecule has 1 fully saturated rings. The van der Waals surface area contributed by atoms with Gasteiger partial charge in [-0.05, 0) is 24.6 Å². The van der Waals surface area contributed by atoms with E-state index in [-0.39, 0.29) is 0 Å². The van der Waals surface area contributed by atoms with Gasteiger partial charge in [-0.2, -0.15) is 0 Å². The lowest BCUT2D eigenvalue weighted by Gasteiger charge is -1.97. The summed E-state index contributed by atoms with van der Waals surface area (Å²) in [5.41, 5.74) is 0.893. The largest absolute Gasteiger partial charge is 0.411 e. The summed E-state index contributed by atoms with van der Waals surface area (Å²) in [6, 6.07) is 7.74. The Balaban J connectivity index is 1.66. The lowest BCUT2D eigenvalue weighted by Crippen LogP contribution is -1.92. The van der Waals surface area contributed by atoms with Gasteiger partial charge in [0.2, 0.25) is 5.89 Å². The summed E-state index contributed by atoms with van der Waals surface area (Å²) in [6.45, 7) is 0. The number of hydrogen-bond acceptors (Lipinski definition) is 4. The molecule has 1 saturated carbocycles. The summed E-state index contributed by atoms with van der Waals surface area (Å²) in [5, 5.41) is 8.60. The van der Waals surface area contributed by atoms with Crippen molar-refractivity contribution in [3.8, 4) is 11.5 Å². The van der Waals surface area contributed by atoms with Gasteiger partial charge in [-0.1, -0.05) is 33.8 Å². The molecule has 2 aromatic rings. The van der Waals surface area contributed by atoms with Crippen LogP contribution in [0.3, 0.4) is 0 Å². The maximum Gasteiger partial charge on any atom is 0.276 e. The van der Waals surface area contributed by atoms with Crippen LogP contribution in [0.5, 0.6) is 0 Å². The molecular formula is C12H9BrCl2N2OS. The summed E-state index contributed by atoms with van der Waals surface area (Å²) in [6.07, 6.45) is 0.829. The van der Waals surface area contributed by atoms with E-state index >= 15 is 0 Å². The quantitative estimate of drug-likeness (QED) is 0.565. The van der Waals surface area contributed by atoms with Crippen LogP contribution >= 0.6 is 50.9 Å². The molecule has 19 heavy (non-hydrogen) atoms. The van der Waals surface area contributed by atoms with Crippen molar-refractivity contribution in [3.63, 3.8) is 0 Å². The van der Waals surface area contributed by atoms with Gasteiger partial charge in [0.05, 0.1) is 0 Å². The van der Waals surface area contributed by atoms with Crippen LogP contribution in [0.4, 0.5) is 0 Å². The SMILES string of the molecule is ClC1(Cl)CC1CSc1nnc(-c2cccc(Br)c2)o1. The maximum absolute atomic E-state index is 5.97. The molecule has 1 aliphatic rings. The number of thioether (sulfide) groups is 1. The van der Waals surface area contributed by atoms with Crippen molar-refractivity contribution < 1.29 is 4.42 Å². The fraction of sp³-hybridized carbons (Fsp3) is 0.333. The van der Waals surface area contributed by atoms with Crippen molar-refractivity contribution in [2.75, 3.05) is 5.75 Å². The number of alkyl halides is 2. The van der Waals surface area contributed by atoms with Gasteiger partial charge in [0.1, 0.15) is 4.33 Å². The van der Waals surface area contributed by atoms with Gasteiger partial charge in [0.25, 0.3) is 5.22 Å². The average molecular weight is 380 g/mol. The predicted octanol–water partition coefficient (Wildman–Crippen LogP) is 4.79. The van der Waals surface area contributed by atoms with E-state index in [0.717, 1.165) is 22.2 Å². The lowest BCUT2D eigenvalue weighted by atomic mass is 10.2. The Morgan fingerprint density at radius 3 is 2.89 bits per heavy atom. The Morgan fingerprint density at radius 2 is 2.21 bits per heavy atom. The van der Waals surface area contributed by atoms with Gasteiger partial charge in [-0.25, -0.2) is 0 Å². The molecule has 3 rings (SSSR count). The monoisotopic (exact) mass is 378 g/mol. The Labute approximate surface area is 133 Å². The third-order valence-electron chi connectivity index (χ3n) is 2.84. The molecule has 0 bridgehead atoms. The van der Waals surface area contributed by atoms with Crippen molar-refractivity contribution >= 4 is 50.9 Å². The van der Waals surface area contributed by atoms with Crippen LogP contribution in [0.15, 0.2) is 38.4 Å². The first-order valence-electron chi connectivity index (χ1n) is 5.65. The highest BCUT2D eigenvalue weighted by Gasteiger charge is 2.51. The summed E-state index contributed by atoms with van der Waals surface area (Å²) in [5.74, 6) is 1.62. The van der Waals surface area contributed by atoms with Crippen LogP contribution in [0.25, 0.3) is 11.5 Å². The number of aromatic nitrogens is 2.